The molecule has 2 aromatic rings. The molecule has 1 heterocycles. The maximum atomic E-state index is 12.3. The smallest absolute Gasteiger partial charge is 0.251 e. The maximum absolute atomic E-state index is 12.3. The predicted molar refractivity (Wildman–Crippen MR) is 86.3 cm³/mol. The third kappa shape index (κ3) is 3.12. The van der Waals surface area contributed by atoms with Gasteiger partial charge in [0.15, 0.2) is 0 Å². The molecule has 1 aromatic heterocycles. The number of unbranched alkanes of at least 4 members (excludes halogenated alkanes) is 1. The van der Waals surface area contributed by atoms with Crippen molar-refractivity contribution in [2.45, 2.75) is 53.0 Å². The van der Waals surface area contributed by atoms with Gasteiger partial charge in [-0.2, -0.15) is 0 Å². The van der Waals surface area contributed by atoms with Crippen LogP contribution in [0, 0.1) is 12.8 Å². The highest BCUT2D eigenvalue weighted by atomic mass is 16.1. The van der Waals surface area contributed by atoms with E-state index in [0.717, 1.165) is 24.0 Å². The summed E-state index contributed by atoms with van der Waals surface area (Å²) >= 11 is 0. The number of aromatic nitrogens is 1. The van der Waals surface area contributed by atoms with Crippen LogP contribution in [-0.2, 0) is 6.54 Å². The van der Waals surface area contributed by atoms with Gasteiger partial charge >= 0.3 is 0 Å². The van der Waals surface area contributed by atoms with E-state index in [4.69, 9.17) is 0 Å². The molecule has 0 fully saturated rings. The van der Waals surface area contributed by atoms with Crippen molar-refractivity contribution in [3.05, 3.63) is 46.2 Å². The van der Waals surface area contributed by atoms with Crippen molar-refractivity contribution >= 4 is 10.9 Å². The van der Waals surface area contributed by atoms with Gasteiger partial charge < -0.3 is 4.57 Å². The van der Waals surface area contributed by atoms with Gasteiger partial charge in [0.2, 0.25) is 0 Å². The molecule has 0 aliphatic heterocycles. The predicted octanol–water partition coefficient (Wildman–Crippen LogP) is 4.53. The van der Waals surface area contributed by atoms with Crippen molar-refractivity contribution in [3.63, 3.8) is 0 Å². The highest BCUT2D eigenvalue weighted by Gasteiger charge is 2.11. The molecule has 0 spiro atoms. The summed E-state index contributed by atoms with van der Waals surface area (Å²) in [6.07, 6.45) is 4.81. The number of nitrogens with zero attached hydrogens (tertiary/aromatic N) is 1. The first-order valence-electron chi connectivity index (χ1n) is 7.76. The minimum Gasteiger partial charge on any atom is -0.308 e. The maximum Gasteiger partial charge on any atom is 0.251 e. The van der Waals surface area contributed by atoms with Gasteiger partial charge in [0, 0.05) is 18.0 Å². The molecule has 0 amide bonds. The summed E-state index contributed by atoms with van der Waals surface area (Å²) in [5.74, 6) is 0.596. The monoisotopic (exact) mass is 271 g/mol. The Hall–Kier alpha value is -1.57. The van der Waals surface area contributed by atoms with Crippen molar-refractivity contribution in [3.8, 4) is 0 Å². The summed E-state index contributed by atoms with van der Waals surface area (Å²) in [6.45, 7) is 7.31. The lowest BCUT2D eigenvalue weighted by Crippen LogP contribution is -2.24. The Morgan fingerprint density at radius 3 is 2.65 bits per heavy atom. The Balaban J connectivity index is 2.40. The van der Waals surface area contributed by atoms with Crippen LogP contribution in [0.4, 0.5) is 0 Å². The van der Waals surface area contributed by atoms with Gasteiger partial charge in [0.05, 0.1) is 5.52 Å². The second kappa shape index (κ2) is 6.74. The van der Waals surface area contributed by atoms with Crippen molar-refractivity contribution in [1.82, 2.24) is 4.57 Å². The van der Waals surface area contributed by atoms with Crippen LogP contribution in [0.1, 0.15) is 45.1 Å². The molecular formula is C18H25NO. The standard InChI is InChI=1S/C18H25NO/c1-4-6-9-15(5-2)13-19-17-11-8-7-10-16(17)14(3)12-18(19)20/h7-8,10-12,15H,4-6,9,13H2,1-3H3. The van der Waals surface area contributed by atoms with Gasteiger partial charge in [-0.1, -0.05) is 51.3 Å². The van der Waals surface area contributed by atoms with Crippen molar-refractivity contribution in [2.75, 3.05) is 0 Å². The first kappa shape index (κ1) is 14.8. The van der Waals surface area contributed by atoms with E-state index in [-0.39, 0.29) is 5.56 Å². The molecule has 2 heteroatoms. The fraction of sp³-hybridized carbons (Fsp3) is 0.500. The quantitative estimate of drug-likeness (QED) is 0.756. The average molecular weight is 271 g/mol. The summed E-state index contributed by atoms with van der Waals surface area (Å²) in [7, 11) is 0. The highest BCUT2D eigenvalue weighted by Crippen LogP contribution is 2.20. The fourth-order valence-corrected chi connectivity index (χ4v) is 2.87. The molecule has 0 saturated heterocycles. The van der Waals surface area contributed by atoms with E-state index >= 15 is 0 Å². The van der Waals surface area contributed by atoms with Crippen LogP contribution in [0.25, 0.3) is 10.9 Å². The highest BCUT2D eigenvalue weighted by molar-refractivity contribution is 5.82. The molecule has 20 heavy (non-hydrogen) atoms. The number of fused-ring (bicyclic) bond motifs is 1. The molecule has 0 aliphatic carbocycles. The minimum absolute atomic E-state index is 0.135. The largest absolute Gasteiger partial charge is 0.308 e. The first-order valence-corrected chi connectivity index (χ1v) is 7.76. The van der Waals surface area contributed by atoms with E-state index in [2.05, 4.69) is 26.0 Å². The van der Waals surface area contributed by atoms with Crippen LogP contribution in [0.5, 0.6) is 0 Å². The molecular weight excluding hydrogens is 246 g/mol. The summed E-state index contributed by atoms with van der Waals surface area (Å²) in [5.41, 5.74) is 2.28. The normalized spacial score (nSPS) is 12.8. The minimum atomic E-state index is 0.135. The van der Waals surface area contributed by atoms with Crippen molar-refractivity contribution in [2.24, 2.45) is 5.92 Å². The lowest BCUT2D eigenvalue weighted by atomic mass is 9.98. The summed E-state index contributed by atoms with van der Waals surface area (Å²) < 4.78 is 1.96. The molecule has 2 nitrogen and oxygen atoms in total. The topological polar surface area (TPSA) is 22.0 Å². The molecule has 1 aromatic carbocycles. The Morgan fingerprint density at radius 2 is 1.95 bits per heavy atom. The summed E-state index contributed by atoms with van der Waals surface area (Å²) in [4.78, 5) is 12.3. The number of hydrogen-bond donors (Lipinski definition) is 0. The molecule has 1 atom stereocenters. The molecule has 2 rings (SSSR count). The summed E-state index contributed by atoms with van der Waals surface area (Å²) in [6, 6.07) is 10.0. The van der Waals surface area contributed by atoms with Gasteiger partial charge in [0.25, 0.3) is 5.56 Å². The van der Waals surface area contributed by atoms with Gasteiger partial charge in [0.1, 0.15) is 0 Å². The molecule has 0 bridgehead atoms. The van der Waals surface area contributed by atoms with Crippen LogP contribution >= 0.6 is 0 Å². The average Bonchev–Trinajstić information content (AvgIpc) is 2.46. The van der Waals surface area contributed by atoms with E-state index in [1.54, 1.807) is 6.07 Å². The van der Waals surface area contributed by atoms with Gasteiger partial charge in [-0.25, -0.2) is 0 Å². The molecule has 0 saturated carbocycles. The number of aryl methyl sites for hydroxylation is 1. The third-order valence-corrected chi connectivity index (χ3v) is 4.21. The van der Waals surface area contributed by atoms with Crippen molar-refractivity contribution in [1.29, 1.82) is 0 Å². The van der Waals surface area contributed by atoms with Crippen LogP contribution in [-0.4, -0.2) is 4.57 Å². The van der Waals surface area contributed by atoms with E-state index < -0.39 is 0 Å². The molecule has 0 N–H and O–H groups in total. The van der Waals surface area contributed by atoms with E-state index in [1.165, 1.54) is 24.6 Å². The number of para-hydroxylation sites is 1. The van der Waals surface area contributed by atoms with E-state index in [1.807, 2.05) is 23.6 Å². The van der Waals surface area contributed by atoms with Crippen LogP contribution < -0.4 is 5.56 Å². The Bertz CT molecular complexity index is 627. The first-order chi connectivity index (χ1) is 9.67. The number of rotatable bonds is 6. The van der Waals surface area contributed by atoms with E-state index in [0.29, 0.717) is 5.92 Å². The lowest BCUT2D eigenvalue weighted by molar-refractivity contribution is 0.391. The van der Waals surface area contributed by atoms with Gasteiger partial charge in [-0.3, -0.25) is 4.79 Å². The summed E-state index contributed by atoms with van der Waals surface area (Å²) in [5, 5.41) is 1.19. The SMILES string of the molecule is CCCCC(CC)Cn1c(=O)cc(C)c2ccccc21. The van der Waals surface area contributed by atoms with E-state index in [9.17, 15) is 4.79 Å². The Morgan fingerprint density at radius 1 is 1.20 bits per heavy atom. The Kier molecular flexibility index (Phi) is 4.99. The molecule has 0 aliphatic rings. The zero-order chi connectivity index (χ0) is 14.5. The van der Waals surface area contributed by atoms with Crippen LogP contribution in [0.3, 0.4) is 0 Å². The lowest BCUT2D eigenvalue weighted by Gasteiger charge is -2.18. The fourth-order valence-electron chi connectivity index (χ4n) is 2.87. The number of pyridine rings is 1. The number of benzene rings is 1. The second-order valence-corrected chi connectivity index (χ2v) is 5.71. The van der Waals surface area contributed by atoms with Gasteiger partial charge in [-0.05, 0) is 30.9 Å². The number of hydrogen-bond acceptors (Lipinski definition) is 1. The van der Waals surface area contributed by atoms with Crippen LogP contribution in [0.15, 0.2) is 35.1 Å². The Labute approximate surface area is 121 Å². The molecule has 1 unspecified atom stereocenters. The van der Waals surface area contributed by atoms with Crippen LogP contribution in [0.2, 0.25) is 0 Å². The second-order valence-electron chi connectivity index (χ2n) is 5.71. The zero-order valence-corrected chi connectivity index (χ0v) is 12.9. The van der Waals surface area contributed by atoms with Gasteiger partial charge in [-0.15, -0.1) is 0 Å². The zero-order valence-electron chi connectivity index (χ0n) is 12.9. The molecule has 0 radical (unpaired) electrons. The third-order valence-electron chi connectivity index (χ3n) is 4.21. The van der Waals surface area contributed by atoms with Crippen molar-refractivity contribution < 1.29 is 0 Å². The molecule has 108 valence electrons.